The first-order valence-electron chi connectivity index (χ1n) is 10.0. The van der Waals surface area contributed by atoms with Gasteiger partial charge in [-0.25, -0.2) is 9.78 Å². The van der Waals surface area contributed by atoms with Crippen LogP contribution in [0.4, 0.5) is 5.13 Å². The van der Waals surface area contributed by atoms with E-state index in [4.69, 9.17) is 22.1 Å². The summed E-state index contributed by atoms with van der Waals surface area (Å²) in [5.41, 5.74) is 6.57. The zero-order valence-electron chi connectivity index (χ0n) is 17.1. The Morgan fingerprint density at radius 1 is 1.43 bits per heavy atom. The number of amides is 1. The Morgan fingerprint density at radius 3 is 2.83 bits per heavy atom. The van der Waals surface area contributed by atoms with Gasteiger partial charge in [-0.2, -0.15) is 0 Å². The minimum absolute atomic E-state index is 0.203. The summed E-state index contributed by atoms with van der Waals surface area (Å²) in [6, 6.07) is -0.875. The topological polar surface area (TPSA) is 97.5 Å². The Bertz CT molecular complexity index is 869. The fourth-order valence-electron chi connectivity index (χ4n) is 3.84. The third-order valence-corrected chi connectivity index (χ3v) is 6.90. The summed E-state index contributed by atoms with van der Waals surface area (Å²) < 4.78 is 5.35. The number of methoxy groups -OCH3 is 1. The maximum atomic E-state index is 12.6. The van der Waals surface area contributed by atoms with Crippen molar-refractivity contribution in [2.24, 2.45) is 17.6 Å². The molecular weight excluding hydrogens is 424 g/mol. The number of carbonyl (C=O) groups excluding carboxylic acids is 2. The van der Waals surface area contributed by atoms with Gasteiger partial charge in [0.05, 0.1) is 28.6 Å². The monoisotopic (exact) mass is 450 g/mol. The van der Waals surface area contributed by atoms with Gasteiger partial charge in [-0.05, 0) is 36.8 Å². The average Bonchev–Trinajstić information content (AvgIpc) is 3.20. The Hall–Kier alpha value is -1.96. The number of aromatic nitrogens is 1. The molecule has 2 atom stereocenters. The molecule has 0 spiro atoms. The lowest BCUT2D eigenvalue weighted by Crippen LogP contribution is -2.43. The average molecular weight is 451 g/mol. The van der Waals surface area contributed by atoms with Gasteiger partial charge in [0.15, 0.2) is 11.1 Å². The van der Waals surface area contributed by atoms with Gasteiger partial charge in [0.25, 0.3) is 0 Å². The molecule has 1 aromatic rings. The van der Waals surface area contributed by atoms with Gasteiger partial charge in [-0.15, -0.1) is 0 Å². The number of anilines is 1. The number of halogens is 1. The van der Waals surface area contributed by atoms with E-state index in [0.29, 0.717) is 28.4 Å². The fourth-order valence-corrected chi connectivity index (χ4v) is 4.91. The van der Waals surface area contributed by atoms with Crippen LogP contribution in [0.1, 0.15) is 43.5 Å². The maximum Gasteiger partial charge on any atom is 0.243 e. The molecule has 3 rings (SSSR count). The highest BCUT2D eigenvalue weighted by Gasteiger charge is 2.30. The van der Waals surface area contributed by atoms with Crippen LogP contribution in [0.15, 0.2) is 35.3 Å². The van der Waals surface area contributed by atoms with Gasteiger partial charge in [0, 0.05) is 19.5 Å². The quantitative estimate of drug-likeness (QED) is 0.616. The van der Waals surface area contributed by atoms with Crippen LogP contribution in [0.5, 0.6) is 0 Å². The molecular formula is C21H27ClN4O3S. The summed E-state index contributed by atoms with van der Waals surface area (Å²) in [6.45, 7) is 2.54. The van der Waals surface area contributed by atoms with Crippen molar-refractivity contribution in [1.29, 1.82) is 0 Å². The first-order valence-corrected chi connectivity index (χ1v) is 11.2. The van der Waals surface area contributed by atoms with Crippen molar-refractivity contribution >= 4 is 39.9 Å². The molecule has 0 bridgehead atoms. The molecule has 0 radical (unpaired) electrons. The van der Waals surface area contributed by atoms with Crippen molar-refractivity contribution in [2.75, 3.05) is 19.0 Å². The van der Waals surface area contributed by atoms with E-state index < -0.39 is 6.04 Å². The Morgan fingerprint density at radius 2 is 2.17 bits per heavy atom. The molecule has 1 amide bonds. The molecule has 1 unspecified atom stereocenters. The second-order valence-electron chi connectivity index (χ2n) is 7.82. The zero-order chi connectivity index (χ0) is 21.7. The number of thiazole rings is 1. The molecule has 2 aliphatic rings. The minimum atomic E-state index is -0.543. The number of nitrogens with one attached hydrogen (secondary N) is 1. The number of carbonyl (C=O) groups is 1. The molecule has 2 heterocycles. The van der Waals surface area contributed by atoms with Crippen LogP contribution in [-0.4, -0.2) is 41.5 Å². The van der Waals surface area contributed by atoms with Crippen molar-refractivity contribution in [3.63, 3.8) is 0 Å². The van der Waals surface area contributed by atoms with E-state index >= 15 is 0 Å². The molecule has 1 saturated carbocycles. The number of nitrogens with zero attached hydrogens (tertiary/aromatic N) is 2. The normalized spacial score (nSPS) is 23.5. The van der Waals surface area contributed by atoms with Gasteiger partial charge < -0.3 is 20.7 Å². The molecule has 162 valence electrons. The number of hydrogen-bond acceptors (Lipinski definition) is 7. The number of allylic oxidation sites excluding steroid dienone is 3. The van der Waals surface area contributed by atoms with Gasteiger partial charge in [-0.3, -0.25) is 4.79 Å². The molecule has 1 aliphatic carbocycles. The number of hydrogen-bond donors (Lipinski definition) is 2. The molecule has 1 fully saturated rings. The van der Waals surface area contributed by atoms with Gasteiger partial charge in [-0.1, -0.05) is 42.7 Å². The van der Waals surface area contributed by atoms with Gasteiger partial charge >= 0.3 is 0 Å². The molecule has 30 heavy (non-hydrogen) atoms. The Labute approximate surface area is 185 Å². The van der Waals surface area contributed by atoms with Crippen LogP contribution in [0, 0.1) is 11.8 Å². The Kier molecular flexibility index (Phi) is 7.86. The molecule has 9 heteroatoms. The van der Waals surface area contributed by atoms with Crippen molar-refractivity contribution in [3.05, 3.63) is 40.2 Å². The second-order valence-corrected chi connectivity index (χ2v) is 9.31. The predicted molar refractivity (Wildman–Crippen MR) is 119 cm³/mol. The summed E-state index contributed by atoms with van der Waals surface area (Å²) in [5, 5.41) is 3.80. The van der Waals surface area contributed by atoms with Crippen molar-refractivity contribution < 1.29 is 14.3 Å². The van der Waals surface area contributed by atoms with Crippen LogP contribution < -0.4 is 11.1 Å². The highest BCUT2D eigenvalue weighted by molar-refractivity contribution is 7.15. The maximum absolute atomic E-state index is 12.6. The van der Waals surface area contributed by atoms with E-state index in [0.717, 1.165) is 30.6 Å². The minimum Gasteiger partial charge on any atom is -0.382 e. The largest absolute Gasteiger partial charge is 0.382 e. The van der Waals surface area contributed by atoms with E-state index in [2.05, 4.69) is 17.2 Å². The first-order chi connectivity index (χ1) is 14.4. The third kappa shape index (κ3) is 5.39. The van der Waals surface area contributed by atoms with Gasteiger partial charge in [0.1, 0.15) is 5.70 Å². The second kappa shape index (κ2) is 10.4. The summed E-state index contributed by atoms with van der Waals surface area (Å²) in [4.78, 5) is 30.9. The number of nitrogens with two attached hydrogens (primary N) is 1. The molecule has 0 saturated heterocycles. The highest BCUT2D eigenvalue weighted by Crippen LogP contribution is 2.34. The Balaban J connectivity index is 1.71. The lowest BCUT2D eigenvalue weighted by molar-refractivity contribution is -0.118. The van der Waals surface area contributed by atoms with E-state index in [1.165, 1.54) is 11.3 Å². The van der Waals surface area contributed by atoms with E-state index in [-0.39, 0.29) is 17.9 Å². The van der Waals surface area contributed by atoms with E-state index in [9.17, 15) is 9.59 Å². The van der Waals surface area contributed by atoms with Crippen molar-refractivity contribution in [2.45, 2.75) is 44.7 Å². The molecule has 0 aromatic carbocycles. The summed E-state index contributed by atoms with van der Waals surface area (Å²) in [6.07, 6.45) is 10.7. The summed E-state index contributed by atoms with van der Waals surface area (Å²) >= 11 is 7.44. The standard InChI is InChI=1S/C21H27ClN4O3S/c1-13-3-5-14(6-4-13)19(23)20(28)25-21-24-9-18(30-21)17(12-29-2)26-10-15(22)7-8-16(26)11-27/h7-10,13-14,17,19H,3-6,12,23H2,1-2H3,(H,24,25,28)/t13?,14?,17?,19-/m0/s1. The number of rotatable bonds is 7. The van der Waals surface area contributed by atoms with E-state index in [1.807, 2.05) is 5.94 Å². The summed E-state index contributed by atoms with van der Waals surface area (Å²) in [7, 11) is 1.58. The van der Waals surface area contributed by atoms with Gasteiger partial charge in [0.2, 0.25) is 5.91 Å². The highest BCUT2D eigenvalue weighted by atomic mass is 35.5. The molecule has 7 nitrogen and oxygen atoms in total. The SMILES string of the molecule is COCC(c1cnc(NC(=O)[C@@H](N)C2CCC(C)CC2)s1)N1C=C(Cl)C=CC1=C=O. The van der Waals surface area contributed by atoms with Crippen LogP contribution in [0.3, 0.4) is 0 Å². The van der Waals surface area contributed by atoms with Crippen LogP contribution in [-0.2, 0) is 14.3 Å². The first kappa shape index (κ1) is 22.7. The molecule has 1 aliphatic heterocycles. The van der Waals surface area contributed by atoms with Crippen molar-refractivity contribution in [1.82, 2.24) is 9.88 Å². The predicted octanol–water partition coefficient (Wildman–Crippen LogP) is 3.59. The molecule has 1 aromatic heterocycles. The fraction of sp³-hybridized carbons (Fsp3) is 0.524. The lowest BCUT2D eigenvalue weighted by Gasteiger charge is -2.30. The molecule has 3 N–H and O–H groups in total. The van der Waals surface area contributed by atoms with Crippen molar-refractivity contribution in [3.8, 4) is 0 Å². The summed E-state index contributed by atoms with van der Waals surface area (Å²) in [5.74, 6) is 2.61. The smallest absolute Gasteiger partial charge is 0.243 e. The van der Waals surface area contributed by atoms with Crippen LogP contribution >= 0.6 is 22.9 Å². The van der Waals surface area contributed by atoms with Crippen LogP contribution in [0.2, 0.25) is 0 Å². The number of ether oxygens (including phenoxy) is 1. The third-order valence-electron chi connectivity index (χ3n) is 5.66. The zero-order valence-corrected chi connectivity index (χ0v) is 18.7. The lowest BCUT2D eigenvalue weighted by atomic mass is 9.79. The van der Waals surface area contributed by atoms with Crippen LogP contribution in [0.25, 0.3) is 0 Å². The van der Waals surface area contributed by atoms with E-state index in [1.54, 1.807) is 36.6 Å².